The fourth-order valence-corrected chi connectivity index (χ4v) is 7.33. The van der Waals surface area contributed by atoms with Gasteiger partial charge in [0.1, 0.15) is 11.4 Å². The predicted molar refractivity (Wildman–Crippen MR) is 145 cm³/mol. The summed E-state index contributed by atoms with van der Waals surface area (Å²) in [7, 11) is 1.38. The van der Waals surface area contributed by atoms with Gasteiger partial charge in [0.15, 0.2) is 5.78 Å². The Morgan fingerprint density at radius 3 is 1.97 bits per heavy atom. The van der Waals surface area contributed by atoms with E-state index in [1.807, 2.05) is 67.6 Å². The first-order chi connectivity index (χ1) is 18.7. The van der Waals surface area contributed by atoms with Gasteiger partial charge in [0.2, 0.25) is 11.8 Å². The highest BCUT2D eigenvalue weighted by Gasteiger charge is 2.80. The Kier molecular flexibility index (Phi) is 5.36. The summed E-state index contributed by atoms with van der Waals surface area (Å²) in [6.45, 7) is 3.63. The van der Waals surface area contributed by atoms with Crippen LogP contribution in [-0.4, -0.2) is 29.6 Å². The van der Waals surface area contributed by atoms with E-state index in [1.54, 1.807) is 6.92 Å². The molecular formula is C31H26N2O6. The maximum atomic E-state index is 14.5. The predicted octanol–water partition coefficient (Wildman–Crippen LogP) is 5.32. The smallest absolute Gasteiger partial charge is 0.297 e. The second-order valence-corrected chi connectivity index (χ2v) is 10.4. The van der Waals surface area contributed by atoms with Crippen LogP contribution in [0.15, 0.2) is 78.9 Å². The van der Waals surface area contributed by atoms with Gasteiger partial charge in [0.05, 0.1) is 40.8 Å². The summed E-state index contributed by atoms with van der Waals surface area (Å²) < 4.78 is 5.14. The van der Waals surface area contributed by atoms with Crippen molar-refractivity contribution in [1.82, 2.24) is 0 Å². The number of allylic oxidation sites excluding steroid dienone is 2. The van der Waals surface area contributed by atoms with Crippen LogP contribution in [0.2, 0.25) is 0 Å². The molecule has 8 nitrogen and oxygen atoms in total. The van der Waals surface area contributed by atoms with E-state index in [9.17, 15) is 24.5 Å². The molecule has 3 aromatic carbocycles. The molecule has 1 saturated heterocycles. The van der Waals surface area contributed by atoms with E-state index in [1.165, 1.54) is 25.3 Å². The highest BCUT2D eigenvalue weighted by Crippen LogP contribution is 2.74. The number of nitro benzene ring substituents is 1. The Morgan fingerprint density at radius 1 is 0.872 bits per heavy atom. The number of benzene rings is 3. The minimum atomic E-state index is -1.30. The van der Waals surface area contributed by atoms with Crippen molar-refractivity contribution >= 4 is 40.1 Å². The van der Waals surface area contributed by atoms with Crippen LogP contribution in [0.3, 0.4) is 0 Å². The van der Waals surface area contributed by atoms with Gasteiger partial charge in [0.25, 0.3) is 5.69 Å². The molecule has 0 N–H and O–H groups in total. The zero-order valence-electron chi connectivity index (χ0n) is 21.7. The lowest BCUT2D eigenvalue weighted by atomic mass is 9.62. The summed E-state index contributed by atoms with van der Waals surface area (Å²) in [6.07, 6.45) is 0.306. The number of nitrogens with zero attached hydrogens (tertiary/aromatic N) is 2. The van der Waals surface area contributed by atoms with Gasteiger partial charge >= 0.3 is 0 Å². The molecule has 196 valence electrons. The molecule has 2 aliphatic carbocycles. The summed E-state index contributed by atoms with van der Waals surface area (Å²) in [5.41, 5.74) is 0.0645. The van der Waals surface area contributed by atoms with Crippen LogP contribution in [0.25, 0.3) is 11.1 Å². The second kappa shape index (κ2) is 8.46. The molecule has 6 rings (SSSR count). The van der Waals surface area contributed by atoms with E-state index >= 15 is 0 Å². The van der Waals surface area contributed by atoms with Gasteiger partial charge in [-0.2, -0.15) is 0 Å². The minimum absolute atomic E-state index is 0.116. The van der Waals surface area contributed by atoms with Crippen LogP contribution in [0.1, 0.15) is 31.4 Å². The number of hydrogen-bond acceptors (Lipinski definition) is 6. The first-order valence-electron chi connectivity index (χ1n) is 12.8. The molecule has 2 fully saturated rings. The maximum absolute atomic E-state index is 14.5. The number of nitro groups is 1. The third kappa shape index (κ3) is 2.97. The van der Waals surface area contributed by atoms with E-state index in [-0.39, 0.29) is 17.2 Å². The van der Waals surface area contributed by atoms with Crippen LogP contribution in [0.5, 0.6) is 5.75 Å². The van der Waals surface area contributed by atoms with Crippen molar-refractivity contribution in [2.45, 2.75) is 20.3 Å². The lowest BCUT2D eigenvalue weighted by Gasteiger charge is -2.37. The monoisotopic (exact) mass is 522 g/mol. The average Bonchev–Trinajstić information content (AvgIpc) is 3.43. The van der Waals surface area contributed by atoms with Gasteiger partial charge < -0.3 is 4.74 Å². The van der Waals surface area contributed by atoms with Gasteiger partial charge in [0, 0.05) is 0 Å². The molecule has 0 unspecified atom stereocenters. The molecule has 1 aliphatic heterocycles. The topological polar surface area (TPSA) is 107 Å². The molecule has 2 amide bonds. The number of rotatable bonds is 6. The number of ketones is 1. The Bertz CT molecular complexity index is 1600. The number of methoxy groups -OCH3 is 1. The van der Waals surface area contributed by atoms with Gasteiger partial charge in [-0.25, -0.2) is 4.90 Å². The number of ether oxygens (including phenoxy) is 1. The number of amides is 2. The number of anilines is 1. The molecule has 1 heterocycles. The van der Waals surface area contributed by atoms with Crippen molar-refractivity contribution in [3.8, 4) is 5.75 Å². The SMILES string of the molecule is CC[C@@]12C(=O)[C@@](C)(C(c3ccccc3)=C1c1ccccc1)[C@H]1C(=O)N(c3ccc(OC)cc3[N+](=O)[O-])C(=O)[C@H]12. The van der Waals surface area contributed by atoms with Gasteiger partial charge in [-0.1, -0.05) is 67.6 Å². The maximum Gasteiger partial charge on any atom is 0.297 e. The van der Waals surface area contributed by atoms with Gasteiger partial charge in [-0.15, -0.1) is 0 Å². The zero-order valence-corrected chi connectivity index (χ0v) is 21.7. The molecule has 4 atom stereocenters. The van der Waals surface area contributed by atoms with Gasteiger partial charge in [-0.05, 0) is 47.8 Å². The molecule has 8 heteroatoms. The standard InChI is InChI=1S/C31H26N2O6/c1-4-31-24(19-13-9-6-10-14-19)23(18-11-7-5-8-12-18)30(2,29(31)36)25-26(31)28(35)32(27(25)34)21-16-15-20(39-3)17-22(21)33(37)38/h5-17,25-26H,4H2,1-3H3/t25-,26+,30+,31-/m1/s1. The zero-order chi connectivity index (χ0) is 27.7. The van der Waals surface area contributed by atoms with E-state index in [0.717, 1.165) is 27.2 Å². The normalized spacial score (nSPS) is 27.4. The Balaban J connectivity index is 1.62. The number of Topliss-reactive ketones (excluding diaryl/α,β-unsaturated/α-hetero) is 1. The Labute approximate surface area is 225 Å². The fraction of sp³-hybridized carbons (Fsp3) is 0.258. The van der Waals surface area contributed by atoms with Crippen molar-refractivity contribution in [3.05, 3.63) is 100 Å². The molecule has 0 aromatic heterocycles. The molecular weight excluding hydrogens is 496 g/mol. The highest BCUT2D eigenvalue weighted by molar-refractivity contribution is 6.35. The van der Waals surface area contributed by atoms with E-state index in [0.29, 0.717) is 6.42 Å². The van der Waals surface area contributed by atoms with Crippen LogP contribution in [0, 0.1) is 32.8 Å². The molecule has 0 spiro atoms. The van der Waals surface area contributed by atoms with E-state index in [4.69, 9.17) is 4.74 Å². The van der Waals surface area contributed by atoms with Crippen molar-refractivity contribution in [2.24, 2.45) is 22.7 Å². The first kappa shape index (κ1) is 24.7. The molecule has 0 radical (unpaired) electrons. The van der Waals surface area contributed by atoms with Gasteiger partial charge in [-0.3, -0.25) is 24.5 Å². The molecule has 39 heavy (non-hydrogen) atoms. The van der Waals surface area contributed by atoms with E-state index in [2.05, 4.69) is 0 Å². The van der Waals surface area contributed by atoms with Crippen molar-refractivity contribution < 1.29 is 24.0 Å². The summed E-state index contributed by atoms with van der Waals surface area (Å²) >= 11 is 0. The van der Waals surface area contributed by atoms with Crippen LogP contribution < -0.4 is 9.64 Å². The van der Waals surface area contributed by atoms with E-state index < -0.39 is 45.1 Å². The lowest BCUT2D eigenvalue weighted by molar-refractivity contribution is -0.384. The van der Waals surface area contributed by atoms with Crippen molar-refractivity contribution in [2.75, 3.05) is 12.0 Å². The highest BCUT2D eigenvalue weighted by atomic mass is 16.6. The quantitative estimate of drug-likeness (QED) is 0.246. The van der Waals surface area contributed by atoms with Crippen LogP contribution in [-0.2, 0) is 14.4 Å². The number of imide groups is 1. The Hall–Kier alpha value is -4.59. The minimum Gasteiger partial charge on any atom is -0.496 e. The number of carbonyl (C=O) groups excluding carboxylic acids is 3. The largest absolute Gasteiger partial charge is 0.496 e. The van der Waals surface area contributed by atoms with Crippen LogP contribution >= 0.6 is 0 Å². The molecule has 2 bridgehead atoms. The lowest BCUT2D eigenvalue weighted by Crippen LogP contribution is -2.41. The number of carbonyl (C=O) groups is 3. The average molecular weight is 523 g/mol. The Morgan fingerprint density at radius 2 is 1.44 bits per heavy atom. The van der Waals surface area contributed by atoms with Crippen molar-refractivity contribution in [3.63, 3.8) is 0 Å². The first-order valence-corrected chi connectivity index (χ1v) is 12.8. The fourth-order valence-electron chi connectivity index (χ4n) is 7.33. The van der Waals surface area contributed by atoms with Crippen LogP contribution in [0.4, 0.5) is 11.4 Å². The number of hydrogen-bond donors (Lipinski definition) is 0. The van der Waals surface area contributed by atoms with Crippen molar-refractivity contribution in [1.29, 1.82) is 0 Å². The summed E-state index contributed by atoms with van der Waals surface area (Å²) in [6, 6.07) is 23.1. The second-order valence-electron chi connectivity index (χ2n) is 10.4. The number of fused-ring (bicyclic) bond motifs is 5. The molecule has 1 saturated carbocycles. The molecule has 3 aliphatic rings. The third-order valence-corrected chi connectivity index (χ3v) is 8.85. The summed E-state index contributed by atoms with van der Waals surface area (Å²) in [5.74, 6) is -3.05. The summed E-state index contributed by atoms with van der Waals surface area (Å²) in [5, 5.41) is 12.0. The third-order valence-electron chi connectivity index (χ3n) is 8.85. The summed E-state index contributed by atoms with van der Waals surface area (Å²) in [4.78, 5) is 55.3. The molecule has 3 aromatic rings.